The number of rotatable bonds is 3. The summed E-state index contributed by atoms with van der Waals surface area (Å²) < 4.78 is 5.67. The standard InChI is InChI=1S/C12H17N3O3/c1-8-6-7-14-12(11(8)15(16)17)18-10-4-2-9(13)3-5-10/h6-7,9-10H,2-5,13H2,1H3. The third-order valence-electron chi connectivity index (χ3n) is 3.27. The largest absolute Gasteiger partial charge is 0.469 e. The number of aromatic nitrogens is 1. The second kappa shape index (κ2) is 5.30. The lowest BCUT2D eigenvalue weighted by Gasteiger charge is -2.26. The van der Waals surface area contributed by atoms with Crippen molar-refractivity contribution < 1.29 is 9.66 Å². The van der Waals surface area contributed by atoms with Crippen LogP contribution in [0, 0.1) is 17.0 Å². The van der Waals surface area contributed by atoms with Crippen molar-refractivity contribution in [2.75, 3.05) is 0 Å². The molecule has 0 aromatic carbocycles. The SMILES string of the molecule is Cc1ccnc(OC2CCC(N)CC2)c1[N+](=O)[O-]. The topological polar surface area (TPSA) is 91.3 Å². The molecule has 0 bridgehead atoms. The second-order valence-electron chi connectivity index (χ2n) is 4.69. The summed E-state index contributed by atoms with van der Waals surface area (Å²) in [6, 6.07) is 1.84. The highest BCUT2D eigenvalue weighted by Crippen LogP contribution is 2.30. The van der Waals surface area contributed by atoms with Gasteiger partial charge in [-0.3, -0.25) is 10.1 Å². The van der Waals surface area contributed by atoms with E-state index in [9.17, 15) is 10.1 Å². The van der Waals surface area contributed by atoms with E-state index in [0.29, 0.717) is 5.56 Å². The van der Waals surface area contributed by atoms with E-state index in [1.807, 2.05) is 0 Å². The maximum absolute atomic E-state index is 11.0. The van der Waals surface area contributed by atoms with Crippen LogP contribution >= 0.6 is 0 Å². The minimum absolute atomic E-state index is 0.0159. The lowest BCUT2D eigenvalue weighted by atomic mass is 9.94. The van der Waals surface area contributed by atoms with Crippen molar-refractivity contribution in [3.63, 3.8) is 0 Å². The minimum atomic E-state index is -0.438. The summed E-state index contributed by atoms with van der Waals surface area (Å²) in [5.74, 6) is 0.125. The molecular formula is C12H17N3O3. The van der Waals surface area contributed by atoms with Gasteiger partial charge in [0.25, 0.3) is 5.88 Å². The van der Waals surface area contributed by atoms with Gasteiger partial charge in [0.15, 0.2) is 0 Å². The van der Waals surface area contributed by atoms with Crippen LogP contribution in [0.4, 0.5) is 5.69 Å². The molecule has 6 nitrogen and oxygen atoms in total. The lowest BCUT2D eigenvalue weighted by molar-refractivity contribution is -0.387. The Balaban J connectivity index is 2.14. The predicted molar refractivity (Wildman–Crippen MR) is 66.5 cm³/mol. The summed E-state index contributed by atoms with van der Waals surface area (Å²) in [5, 5.41) is 11.0. The molecule has 98 valence electrons. The molecule has 0 atom stereocenters. The summed E-state index contributed by atoms with van der Waals surface area (Å²) in [4.78, 5) is 14.5. The molecule has 6 heteroatoms. The zero-order valence-corrected chi connectivity index (χ0v) is 10.3. The third-order valence-corrected chi connectivity index (χ3v) is 3.27. The van der Waals surface area contributed by atoms with Crippen LogP contribution in [0.15, 0.2) is 12.3 Å². The zero-order chi connectivity index (χ0) is 13.1. The average Bonchev–Trinajstić information content (AvgIpc) is 2.32. The van der Waals surface area contributed by atoms with Gasteiger partial charge in [-0.15, -0.1) is 0 Å². The summed E-state index contributed by atoms with van der Waals surface area (Å²) in [6.45, 7) is 1.68. The van der Waals surface area contributed by atoms with Crippen molar-refractivity contribution in [3.05, 3.63) is 27.9 Å². The number of aryl methyl sites for hydroxylation is 1. The maximum Gasteiger partial charge on any atom is 0.333 e. The van der Waals surface area contributed by atoms with Gasteiger partial charge in [-0.25, -0.2) is 4.98 Å². The Hall–Kier alpha value is -1.69. The van der Waals surface area contributed by atoms with E-state index in [-0.39, 0.29) is 23.7 Å². The van der Waals surface area contributed by atoms with E-state index in [1.54, 1.807) is 13.0 Å². The van der Waals surface area contributed by atoms with E-state index < -0.39 is 4.92 Å². The normalized spacial score (nSPS) is 23.7. The molecule has 1 aliphatic carbocycles. The van der Waals surface area contributed by atoms with Gasteiger partial charge < -0.3 is 10.5 Å². The number of hydrogen-bond donors (Lipinski definition) is 1. The molecule has 0 spiro atoms. The smallest absolute Gasteiger partial charge is 0.333 e. The molecule has 0 saturated heterocycles. The first-order valence-electron chi connectivity index (χ1n) is 6.10. The van der Waals surface area contributed by atoms with Gasteiger partial charge in [0.05, 0.1) is 4.92 Å². The maximum atomic E-state index is 11.0. The van der Waals surface area contributed by atoms with Crippen molar-refractivity contribution in [2.24, 2.45) is 5.73 Å². The Morgan fingerprint density at radius 2 is 2.11 bits per heavy atom. The molecule has 1 fully saturated rings. The van der Waals surface area contributed by atoms with Crippen molar-refractivity contribution in [1.29, 1.82) is 0 Å². The zero-order valence-electron chi connectivity index (χ0n) is 10.3. The Bertz CT molecular complexity index is 442. The van der Waals surface area contributed by atoms with Crippen molar-refractivity contribution in [1.82, 2.24) is 4.98 Å². The van der Waals surface area contributed by atoms with Crippen LogP contribution < -0.4 is 10.5 Å². The van der Waals surface area contributed by atoms with Gasteiger partial charge in [-0.1, -0.05) is 0 Å². The quantitative estimate of drug-likeness (QED) is 0.654. The Morgan fingerprint density at radius 1 is 1.44 bits per heavy atom. The number of pyridine rings is 1. The molecule has 1 aromatic heterocycles. The fourth-order valence-electron chi connectivity index (χ4n) is 2.20. The van der Waals surface area contributed by atoms with Crippen LogP contribution in [-0.4, -0.2) is 22.1 Å². The second-order valence-corrected chi connectivity index (χ2v) is 4.69. The van der Waals surface area contributed by atoms with E-state index in [4.69, 9.17) is 10.5 Å². The molecule has 0 amide bonds. The molecule has 2 N–H and O–H groups in total. The highest BCUT2D eigenvalue weighted by atomic mass is 16.6. The van der Waals surface area contributed by atoms with E-state index >= 15 is 0 Å². The van der Waals surface area contributed by atoms with E-state index in [0.717, 1.165) is 25.7 Å². The number of nitrogens with two attached hydrogens (primary N) is 1. The summed E-state index contributed by atoms with van der Waals surface area (Å²) >= 11 is 0. The molecular weight excluding hydrogens is 234 g/mol. The van der Waals surface area contributed by atoms with Crippen LogP contribution in [0.1, 0.15) is 31.2 Å². The average molecular weight is 251 g/mol. The molecule has 0 aliphatic heterocycles. The van der Waals surface area contributed by atoms with Crippen molar-refractivity contribution in [3.8, 4) is 5.88 Å². The predicted octanol–water partition coefficient (Wildman–Crippen LogP) is 1.95. The number of hydrogen-bond acceptors (Lipinski definition) is 5. The van der Waals surface area contributed by atoms with Gasteiger partial charge in [-0.2, -0.15) is 0 Å². The Morgan fingerprint density at radius 3 is 2.72 bits per heavy atom. The monoisotopic (exact) mass is 251 g/mol. The number of nitro groups is 1. The first-order valence-corrected chi connectivity index (χ1v) is 6.10. The van der Waals surface area contributed by atoms with Crippen LogP contribution in [0.2, 0.25) is 0 Å². The highest BCUT2D eigenvalue weighted by Gasteiger charge is 2.25. The number of nitrogens with zero attached hydrogens (tertiary/aromatic N) is 2. The molecule has 1 heterocycles. The Kier molecular flexibility index (Phi) is 3.76. The van der Waals surface area contributed by atoms with Gasteiger partial charge in [-0.05, 0) is 38.7 Å². The van der Waals surface area contributed by atoms with Crippen LogP contribution in [0.5, 0.6) is 5.88 Å². The van der Waals surface area contributed by atoms with Gasteiger partial charge >= 0.3 is 5.69 Å². The molecule has 1 saturated carbocycles. The van der Waals surface area contributed by atoms with E-state index in [2.05, 4.69) is 4.98 Å². The van der Waals surface area contributed by atoms with Crippen molar-refractivity contribution in [2.45, 2.75) is 44.8 Å². The molecule has 0 unspecified atom stereocenters. The van der Waals surface area contributed by atoms with Crippen molar-refractivity contribution >= 4 is 5.69 Å². The molecule has 2 rings (SSSR count). The van der Waals surface area contributed by atoms with Gasteiger partial charge in [0.1, 0.15) is 6.10 Å². The molecule has 1 aromatic rings. The first kappa shape index (κ1) is 12.8. The first-order chi connectivity index (χ1) is 8.58. The third kappa shape index (κ3) is 2.76. The van der Waals surface area contributed by atoms with Gasteiger partial charge in [0, 0.05) is 17.8 Å². The summed E-state index contributed by atoms with van der Waals surface area (Å²) in [6.07, 6.45) is 4.96. The van der Waals surface area contributed by atoms with E-state index in [1.165, 1.54) is 6.20 Å². The van der Waals surface area contributed by atoms with Gasteiger partial charge in [0.2, 0.25) is 0 Å². The molecule has 0 radical (unpaired) electrons. The number of ether oxygens (including phenoxy) is 1. The fraction of sp³-hybridized carbons (Fsp3) is 0.583. The minimum Gasteiger partial charge on any atom is -0.469 e. The summed E-state index contributed by atoms with van der Waals surface area (Å²) in [7, 11) is 0. The van der Waals surface area contributed by atoms with Crippen LogP contribution in [0.25, 0.3) is 0 Å². The fourth-order valence-corrected chi connectivity index (χ4v) is 2.20. The highest BCUT2D eigenvalue weighted by molar-refractivity contribution is 5.47. The summed E-state index contributed by atoms with van der Waals surface area (Å²) in [5.41, 5.74) is 6.35. The molecule has 18 heavy (non-hydrogen) atoms. The van der Waals surface area contributed by atoms with Crippen LogP contribution in [0.3, 0.4) is 0 Å². The Labute approximate surface area is 105 Å². The van der Waals surface area contributed by atoms with Crippen LogP contribution in [-0.2, 0) is 0 Å². The lowest BCUT2D eigenvalue weighted by Crippen LogP contribution is -2.32. The molecule has 1 aliphatic rings.